The number of hydrogen-bond donors (Lipinski definition) is 1. The fourth-order valence-electron chi connectivity index (χ4n) is 4.24. The lowest BCUT2D eigenvalue weighted by Gasteiger charge is -2.21. The second-order valence-electron chi connectivity index (χ2n) is 7.44. The van der Waals surface area contributed by atoms with Crippen molar-refractivity contribution in [1.29, 1.82) is 0 Å². The minimum absolute atomic E-state index is 0.163. The normalized spacial score (nSPS) is 16.9. The van der Waals surface area contributed by atoms with Gasteiger partial charge in [0.05, 0.1) is 24.6 Å². The number of rotatable bonds is 5. The Morgan fingerprint density at radius 3 is 2.96 bits per heavy atom. The van der Waals surface area contributed by atoms with Gasteiger partial charge in [0.1, 0.15) is 5.52 Å². The van der Waals surface area contributed by atoms with Gasteiger partial charge in [-0.3, -0.25) is 4.79 Å². The van der Waals surface area contributed by atoms with Gasteiger partial charge < -0.3 is 9.84 Å². The third-order valence-electron chi connectivity index (χ3n) is 5.75. The molecular formula is C22H25N3O3. The van der Waals surface area contributed by atoms with Crippen LogP contribution in [-0.2, 0) is 23.0 Å². The van der Waals surface area contributed by atoms with Crippen LogP contribution in [0.1, 0.15) is 59.6 Å². The Kier molecular flexibility index (Phi) is 4.89. The van der Waals surface area contributed by atoms with Crippen molar-refractivity contribution in [2.75, 3.05) is 6.61 Å². The van der Waals surface area contributed by atoms with E-state index in [0.29, 0.717) is 6.61 Å². The molecule has 0 aliphatic heterocycles. The molecule has 0 spiro atoms. The number of benzene rings is 2. The smallest absolute Gasteiger partial charge is 0.306 e. The maximum absolute atomic E-state index is 12.4. The molecule has 0 bridgehead atoms. The third kappa shape index (κ3) is 3.18. The summed E-state index contributed by atoms with van der Waals surface area (Å²) in [6.07, 6.45) is 1.47. The van der Waals surface area contributed by atoms with E-state index in [1.165, 1.54) is 5.56 Å². The monoisotopic (exact) mass is 379 g/mol. The van der Waals surface area contributed by atoms with Crippen molar-refractivity contribution >= 4 is 17.0 Å². The molecule has 1 unspecified atom stereocenters. The summed E-state index contributed by atoms with van der Waals surface area (Å²) in [5.41, 5.74) is 7.03. The van der Waals surface area contributed by atoms with Crippen LogP contribution in [0.15, 0.2) is 30.3 Å². The average molecular weight is 379 g/mol. The van der Waals surface area contributed by atoms with Crippen LogP contribution in [0.4, 0.5) is 0 Å². The van der Waals surface area contributed by atoms with E-state index in [1.54, 1.807) is 4.68 Å². The molecule has 2 atom stereocenters. The van der Waals surface area contributed by atoms with E-state index in [-0.39, 0.29) is 18.3 Å². The molecule has 0 saturated carbocycles. The number of nitrogens with zero attached hydrogens (tertiary/aromatic N) is 3. The van der Waals surface area contributed by atoms with Crippen molar-refractivity contribution in [1.82, 2.24) is 15.0 Å². The SMILES string of the molecule is CCOC(=O)C[C@H](c1ccc2c(c1)C(O)CC2)c1ccc2c(nnn2C)c1C. The molecule has 0 fully saturated rings. The number of carbonyl (C=O) groups excluding carboxylic acids is 1. The largest absolute Gasteiger partial charge is 0.466 e. The molecule has 1 aliphatic carbocycles. The van der Waals surface area contributed by atoms with Gasteiger partial charge in [0, 0.05) is 13.0 Å². The van der Waals surface area contributed by atoms with Crippen LogP contribution in [0.3, 0.4) is 0 Å². The Labute approximate surface area is 164 Å². The number of fused-ring (bicyclic) bond motifs is 2. The van der Waals surface area contributed by atoms with Crippen molar-refractivity contribution in [2.45, 2.75) is 45.1 Å². The highest BCUT2D eigenvalue weighted by molar-refractivity contribution is 5.80. The second-order valence-corrected chi connectivity index (χ2v) is 7.44. The van der Waals surface area contributed by atoms with E-state index in [0.717, 1.165) is 46.1 Å². The average Bonchev–Trinajstić information content (AvgIpc) is 3.24. The first-order chi connectivity index (χ1) is 13.5. The number of carbonyl (C=O) groups is 1. The maximum Gasteiger partial charge on any atom is 0.306 e. The Bertz CT molecular complexity index is 1040. The molecule has 28 heavy (non-hydrogen) atoms. The third-order valence-corrected chi connectivity index (χ3v) is 5.75. The highest BCUT2D eigenvalue weighted by Crippen LogP contribution is 2.38. The van der Waals surface area contributed by atoms with Gasteiger partial charge in [-0.15, -0.1) is 5.10 Å². The van der Waals surface area contributed by atoms with E-state index in [2.05, 4.69) is 34.6 Å². The van der Waals surface area contributed by atoms with Crippen LogP contribution < -0.4 is 0 Å². The maximum atomic E-state index is 12.4. The topological polar surface area (TPSA) is 77.2 Å². The van der Waals surface area contributed by atoms with E-state index in [1.807, 2.05) is 27.0 Å². The molecule has 2 aromatic carbocycles. The highest BCUT2D eigenvalue weighted by Gasteiger charge is 2.26. The van der Waals surface area contributed by atoms with Gasteiger partial charge in [-0.1, -0.05) is 29.5 Å². The summed E-state index contributed by atoms with van der Waals surface area (Å²) in [7, 11) is 1.87. The fourth-order valence-corrected chi connectivity index (χ4v) is 4.24. The zero-order valence-electron chi connectivity index (χ0n) is 16.5. The summed E-state index contributed by atoms with van der Waals surface area (Å²) in [6, 6.07) is 10.3. The summed E-state index contributed by atoms with van der Waals surface area (Å²) in [5, 5.41) is 18.7. The summed E-state index contributed by atoms with van der Waals surface area (Å²) in [6.45, 7) is 4.19. The lowest BCUT2D eigenvalue weighted by Crippen LogP contribution is -2.13. The van der Waals surface area contributed by atoms with Crippen LogP contribution >= 0.6 is 0 Å². The predicted octanol–water partition coefficient (Wildman–Crippen LogP) is 3.34. The van der Waals surface area contributed by atoms with Crippen molar-refractivity contribution in [3.05, 3.63) is 58.1 Å². The zero-order chi connectivity index (χ0) is 19.8. The number of esters is 1. The van der Waals surface area contributed by atoms with Gasteiger partial charge in [-0.2, -0.15) is 0 Å². The number of aliphatic hydroxyl groups is 1. The number of aryl methyl sites for hydroxylation is 3. The van der Waals surface area contributed by atoms with Gasteiger partial charge in [-0.25, -0.2) is 4.68 Å². The number of hydrogen-bond acceptors (Lipinski definition) is 5. The standard InChI is InChI=1S/C22H25N3O3/c1-4-28-21(27)12-17(15-6-5-14-7-10-20(26)18(14)11-15)16-8-9-19-22(13(16)2)23-24-25(19)3/h5-6,8-9,11,17,20,26H,4,7,10,12H2,1-3H3/t17-,20?/m1/s1. The fraction of sp³-hybridized carbons (Fsp3) is 0.409. The number of aromatic nitrogens is 3. The van der Waals surface area contributed by atoms with E-state index in [4.69, 9.17) is 4.74 Å². The van der Waals surface area contributed by atoms with Gasteiger partial charge in [0.25, 0.3) is 0 Å². The van der Waals surface area contributed by atoms with Crippen LogP contribution in [0, 0.1) is 6.92 Å². The molecule has 3 aromatic rings. The Hall–Kier alpha value is -2.73. The minimum atomic E-state index is -0.429. The van der Waals surface area contributed by atoms with Gasteiger partial charge >= 0.3 is 5.97 Å². The number of ether oxygens (including phenoxy) is 1. The Morgan fingerprint density at radius 1 is 1.36 bits per heavy atom. The Balaban J connectivity index is 1.81. The molecule has 0 amide bonds. The van der Waals surface area contributed by atoms with Gasteiger partial charge in [0.2, 0.25) is 0 Å². The zero-order valence-corrected chi connectivity index (χ0v) is 16.5. The summed E-state index contributed by atoms with van der Waals surface area (Å²) >= 11 is 0. The highest BCUT2D eigenvalue weighted by atomic mass is 16.5. The van der Waals surface area contributed by atoms with Gasteiger partial charge in [0.15, 0.2) is 0 Å². The second kappa shape index (κ2) is 7.36. The number of aliphatic hydroxyl groups excluding tert-OH is 1. The van der Waals surface area contributed by atoms with Crippen molar-refractivity contribution in [3.63, 3.8) is 0 Å². The van der Waals surface area contributed by atoms with E-state index >= 15 is 0 Å². The molecule has 1 heterocycles. The molecule has 1 N–H and O–H groups in total. The quantitative estimate of drug-likeness (QED) is 0.688. The van der Waals surface area contributed by atoms with Crippen molar-refractivity contribution < 1.29 is 14.6 Å². The van der Waals surface area contributed by atoms with Crippen molar-refractivity contribution in [2.24, 2.45) is 7.05 Å². The van der Waals surface area contributed by atoms with E-state index < -0.39 is 6.10 Å². The molecule has 0 saturated heterocycles. The first-order valence-corrected chi connectivity index (χ1v) is 9.75. The molecule has 4 rings (SSSR count). The van der Waals surface area contributed by atoms with Crippen LogP contribution in [0.2, 0.25) is 0 Å². The van der Waals surface area contributed by atoms with E-state index in [9.17, 15) is 9.90 Å². The first-order valence-electron chi connectivity index (χ1n) is 9.75. The summed E-state index contributed by atoms with van der Waals surface area (Å²) < 4.78 is 6.99. The molecule has 6 heteroatoms. The lowest BCUT2D eigenvalue weighted by molar-refractivity contribution is -0.143. The summed E-state index contributed by atoms with van der Waals surface area (Å²) in [5.74, 6) is -0.393. The van der Waals surface area contributed by atoms with Gasteiger partial charge in [-0.05, 0) is 60.6 Å². The summed E-state index contributed by atoms with van der Waals surface area (Å²) in [4.78, 5) is 12.4. The molecule has 0 radical (unpaired) electrons. The molecule has 146 valence electrons. The predicted molar refractivity (Wildman–Crippen MR) is 106 cm³/mol. The molecule has 1 aromatic heterocycles. The molecule has 6 nitrogen and oxygen atoms in total. The first kappa shape index (κ1) is 18.6. The Morgan fingerprint density at radius 2 is 2.18 bits per heavy atom. The van der Waals surface area contributed by atoms with Crippen LogP contribution in [0.5, 0.6) is 0 Å². The van der Waals surface area contributed by atoms with Crippen LogP contribution in [0.25, 0.3) is 11.0 Å². The molecular weight excluding hydrogens is 354 g/mol. The van der Waals surface area contributed by atoms with Crippen molar-refractivity contribution in [3.8, 4) is 0 Å². The minimum Gasteiger partial charge on any atom is -0.466 e. The van der Waals surface area contributed by atoms with Crippen LogP contribution in [-0.4, -0.2) is 32.7 Å². The lowest BCUT2D eigenvalue weighted by atomic mass is 9.84. The molecule has 1 aliphatic rings.